The van der Waals surface area contributed by atoms with Crippen molar-refractivity contribution in [3.8, 4) is 0 Å². The van der Waals surface area contributed by atoms with Crippen molar-refractivity contribution in [2.45, 2.75) is 45.6 Å². The highest BCUT2D eigenvalue weighted by molar-refractivity contribution is 5.81. The molecule has 0 bridgehead atoms. The summed E-state index contributed by atoms with van der Waals surface area (Å²) in [6.45, 7) is 3.73. The minimum Gasteiger partial charge on any atom is -0.355 e. The quantitative estimate of drug-likeness (QED) is 0.750. The van der Waals surface area contributed by atoms with Crippen molar-refractivity contribution in [1.82, 2.24) is 19.8 Å². The molecule has 0 radical (unpaired) electrons. The van der Waals surface area contributed by atoms with Crippen LogP contribution in [0.2, 0.25) is 0 Å². The van der Waals surface area contributed by atoms with Crippen LogP contribution in [0.5, 0.6) is 0 Å². The number of rotatable bonds is 9. The zero-order valence-electron chi connectivity index (χ0n) is 15.7. The van der Waals surface area contributed by atoms with E-state index in [1.54, 1.807) is 4.90 Å². The van der Waals surface area contributed by atoms with Crippen LogP contribution in [-0.4, -0.2) is 46.4 Å². The van der Waals surface area contributed by atoms with Gasteiger partial charge in [-0.15, -0.1) is 0 Å². The third kappa shape index (κ3) is 4.42. The Morgan fingerprint density at radius 2 is 2.08 bits per heavy atom. The van der Waals surface area contributed by atoms with E-state index in [4.69, 9.17) is 0 Å². The number of imidazole rings is 1. The van der Waals surface area contributed by atoms with Gasteiger partial charge in [-0.3, -0.25) is 9.59 Å². The second-order valence-corrected chi connectivity index (χ2v) is 7.09. The van der Waals surface area contributed by atoms with Crippen molar-refractivity contribution >= 4 is 22.8 Å². The molecule has 1 fully saturated rings. The van der Waals surface area contributed by atoms with Crippen molar-refractivity contribution in [2.75, 3.05) is 20.1 Å². The molecular formula is C20H28N4O2. The number of carbonyl (C=O) groups excluding carboxylic acids is 2. The number of para-hydroxylation sites is 2. The van der Waals surface area contributed by atoms with Gasteiger partial charge < -0.3 is 14.8 Å². The van der Waals surface area contributed by atoms with E-state index < -0.39 is 0 Å². The first-order chi connectivity index (χ1) is 12.6. The molecule has 6 nitrogen and oxygen atoms in total. The molecule has 0 atom stereocenters. The van der Waals surface area contributed by atoms with E-state index in [1.807, 2.05) is 35.9 Å². The Labute approximate surface area is 154 Å². The van der Waals surface area contributed by atoms with Crippen LogP contribution >= 0.6 is 0 Å². The number of amides is 2. The molecule has 2 aromatic rings. The maximum absolute atomic E-state index is 12.6. The molecule has 1 aromatic heterocycles. The summed E-state index contributed by atoms with van der Waals surface area (Å²) in [5, 5.41) is 2.98. The molecule has 1 aliphatic carbocycles. The molecule has 1 saturated carbocycles. The van der Waals surface area contributed by atoms with Crippen LogP contribution in [0, 0.1) is 5.92 Å². The largest absolute Gasteiger partial charge is 0.355 e. The predicted molar refractivity (Wildman–Crippen MR) is 102 cm³/mol. The van der Waals surface area contributed by atoms with E-state index in [9.17, 15) is 9.59 Å². The molecule has 140 valence electrons. The van der Waals surface area contributed by atoms with Gasteiger partial charge in [-0.05, 0) is 31.4 Å². The van der Waals surface area contributed by atoms with Crippen LogP contribution < -0.4 is 5.32 Å². The highest BCUT2D eigenvalue weighted by Crippen LogP contribution is 2.28. The number of aromatic nitrogens is 2. The van der Waals surface area contributed by atoms with E-state index in [0.717, 1.165) is 49.1 Å². The average Bonchev–Trinajstić information content (AvgIpc) is 3.44. The van der Waals surface area contributed by atoms with Gasteiger partial charge in [-0.2, -0.15) is 0 Å². The number of nitrogens with one attached hydrogen (secondary N) is 1. The zero-order chi connectivity index (χ0) is 18.5. The average molecular weight is 356 g/mol. The number of benzene rings is 1. The topological polar surface area (TPSA) is 67.2 Å². The van der Waals surface area contributed by atoms with Gasteiger partial charge in [0.15, 0.2) is 0 Å². The highest BCUT2D eigenvalue weighted by atomic mass is 16.2. The monoisotopic (exact) mass is 356 g/mol. The molecule has 0 aliphatic heterocycles. The Hall–Kier alpha value is -2.37. The Kier molecular flexibility index (Phi) is 5.91. The van der Waals surface area contributed by atoms with Gasteiger partial charge in [0, 0.05) is 32.5 Å². The Morgan fingerprint density at radius 3 is 2.81 bits per heavy atom. The molecule has 0 unspecified atom stereocenters. The fourth-order valence-electron chi connectivity index (χ4n) is 3.06. The predicted octanol–water partition coefficient (Wildman–Crippen LogP) is 2.36. The number of unbranched alkanes of at least 4 members (excludes halogenated alkanes) is 1. The van der Waals surface area contributed by atoms with Gasteiger partial charge in [-0.25, -0.2) is 4.98 Å². The molecular weight excluding hydrogens is 328 g/mol. The number of fused-ring (bicyclic) bond motifs is 1. The van der Waals surface area contributed by atoms with Crippen LogP contribution in [0.4, 0.5) is 0 Å². The third-order valence-electron chi connectivity index (χ3n) is 4.90. The lowest BCUT2D eigenvalue weighted by molar-refractivity contribution is -0.130. The SMILES string of the molecule is CCCCN(C)C(=O)Cn1c(CCNC(=O)C2CC2)nc2ccccc21. The molecule has 0 saturated heterocycles. The van der Waals surface area contributed by atoms with Crippen molar-refractivity contribution in [3.63, 3.8) is 0 Å². The Bertz CT molecular complexity index is 779. The van der Waals surface area contributed by atoms with E-state index in [1.165, 1.54) is 0 Å². The lowest BCUT2D eigenvalue weighted by atomic mass is 10.3. The summed E-state index contributed by atoms with van der Waals surface area (Å²) in [7, 11) is 1.85. The fraction of sp³-hybridized carbons (Fsp3) is 0.550. The molecule has 1 N–H and O–H groups in total. The molecule has 1 heterocycles. The summed E-state index contributed by atoms with van der Waals surface area (Å²) >= 11 is 0. The maximum Gasteiger partial charge on any atom is 0.242 e. The highest BCUT2D eigenvalue weighted by Gasteiger charge is 2.29. The standard InChI is InChI=1S/C20H28N4O2/c1-3-4-13-23(2)19(25)14-24-17-8-6-5-7-16(17)22-18(24)11-12-21-20(26)15-9-10-15/h5-8,15H,3-4,9-14H2,1-2H3,(H,21,26). The first kappa shape index (κ1) is 18.4. The molecule has 3 rings (SSSR count). The van der Waals surface area contributed by atoms with E-state index in [2.05, 4.69) is 17.2 Å². The zero-order valence-corrected chi connectivity index (χ0v) is 15.7. The Morgan fingerprint density at radius 1 is 1.31 bits per heavy atom. The minimum atomic E-state index is 0.0878. The summed E-state index contributed by atoms with van der Waals surface area (Å²) in [6.07, 6.45) is 4.70. The summed E-state index contributed by atoms with van der Waals surface area (Å²) in [6, 6.07) is 7.87. The van der Waals surface area contributed by atoms with Crippen LogP contribution in [0.15, 0.2) is 24.3 Å². The van der Waals surface area contributed by atoms with E-state index in [0.29, 0.717) is 13.0 Å². The van der Waals surface area contributed by atoms with Crippen molar-refractivity contribution in [1.29, 1.82) is 0 Å². The van der Waals surface area contributed by atoms with Gasteiger partial charge in [0.25, 0.3) is 0 Å². The van der Waals surface area contributed by atoms with Crippen LogP contribution in [-0.2, 0) is 22.6 Å². The summed E-state index contributed by atoms with van der Waals surface area (Å²) in [5.74, 6) is 1.29. The number of hydrogen-bond donors (Lipinski definition) is 1. The minimum absolute atomic E-state index is 0.0878. The second-order valence-electron chi connectivity index (χ2n) is 7.09. The number of likely N-dealkylation sites (N-methyl/N-ethyl adjacent to an activating group) is 1. The second kappa shape index (κ2) is 8.34. The molecule has 1 aliphatic rings. The van der Waals surface area contributed by atoms with Crippen LogP contribution in [0.3, 0.4) is 0 Å². The van der Waals surface area contributed by atoms with Crippen molar-refractivity contribution < 1.29 is 9.59 Å². The lowest BCUT2D eigenvalue weighted by Gasteiger charge is -2.18. The van der Waals surface area contributed by atoms with Gasteiger partial charge in [0.1, 0.15) is 12.4 Å². The van der Waals surface area contributed by atoms with Crippen LogP contribution in [0.1, 0.15) is 38.4 Å². The lowest BCUT2D eigenvalue weighted by Crippen LogP contribution is -2.32. The van der Waals surface area contributed by atoms with Crippen LogP contribution in [0.25, 0.3) is 11.0 Å². The molecule has 2 amide bonds. The van der Waals surface area contributed by atoms with Gasteiger partial charge in [0.05, 0.1) is 11.0 Å². The normalized spacial score (nSPS) is 13.8. The van der Waals surface area contributed by atoms with Crippen molar-refractivity contribution in [3.05, 3.63) is 30.1 Å². The van der Waals surface area contributed by atoms with Gasteiger partial charge in [0.2, 0.25) is 11.8 Å². The molecule has 6 heteroatoms. The van der Waals surface area contributed by atoms with E-state index in [-0.39, 0.29) is 24.3 Å². The summed E-state index contributed by atoms with van der Waals surface area (Å²) < 4.78 is 1.99. The van der Waals surface area contributed by atoms with Gasteiger partial charge in [-0.1, -0.05) is 25.5 Å². The summed E-state index contributed by atoms with van der Waals surface area (Å²) in [5.41, 5.74) is 1.85. The van der Waals surface area contributed by atoms with Gasteiger partial charge >= 0.3 is 0 Å². The van der Waals surface area contributed by atoms with E-state index >= 15 is 0 Å². The molecule has 0 spiro atoms. The number of nitrogens with zero attached hydrogens (tertiary/aromatic N) is 3. The fourth-order valence-corrected chi connectivity index (χ4v) is 3.06. The Balaban J connectivity index is 1.71. The number of hydrogen-bond acceptors (Lipinski definition) is 3. The third-order valence-corrected chi connectivity index (χ3v) is 4.90. The summed E-state index contributed by atoms with van der Waals surface area (Å²) in [4.78, 5) is 30.9. The number of carbonyl (C=O) groups is 2. The maximum atomic E-state index is 12.6. The smallest absolute Gasteiger partial charge is 0.242 e. The van der Waals surface area contributed by atoms with Crippen molar-refractivity contribution in [2.24, 2.45) is 5.92 Å². The first-order valence-electron chi connectivity index (χ1n) is 9.56. The first-order valence-corrected chi connectivity index (χ1v) is 9.56. The molecule has 1 aromatic carbocycles. The molecule has 26 heavy (non-hydrogen) atoms.